The van der Waals surface area contributed by atoms with Crippen LogP contribution in [-0.4, -0.2) is 44.4 Å². The third-order valence-corrected chi connectivity index (χ3v) is 5.48. The Labute approximate surface area is 173 Å². The molecule has 8 nitrogen and oxygen atoms in total. The van der Waals surface area contributed by atoms with Crippen LogP contribution in [-0.2, 0) is 19.6 Å². The van der Waals surface area contributed by atoms with Gasteiger partial charge in [0.15, 0.2) is 0 Å². The van der Waals surface area contributed by atoms with Crippen molar-refractivity contribution in [3.05, 3.63) is 49.7 Å². The first-order valence-electron chi connectivity index (χ1n) is 9.09. The number of ether oxygens (including phenoxy) is 1. The van der Waals surface area contributed by atoms with Gasteiger partial charge in [-0.3, -0.25) is 18.9 Å². The number of carbonyl (C=O) groups is 1. The summed E-state index contributed by atoms with van der Waals surface area (Å²) in [6.07, 6.45) is 0.917. The number of hydrogen-bond acceptors (Lipinski definition) is 7. The Morgan fingerprint density at radius 1 is 1.10 bits per heavy atom. The zero-order valence-electron chi connectivity index (χ0n) is 15.9. The predicted molar refractivity (Wildman–Crippen MR) is 111 cm³/mol. The maximum atomic E-state index is 11.7. The third-order valence-electron chi connectivity index (χ3n) is 4.32. The lowest BCUT2D eigenvalue weighted by Gasteiger charge is -2.25. The number of rotatable bonds is 11. The van der Waals surface area contributed by atoms with Crippen LogP contribution in [0.3, 0.4) is 0 Å². The Kier molecular flexibility index (Phi) is 7.95. The van der Waals surface area contributed by atoms with Crippen molar-refractivity contribution >= 4 is 33.4 Å². The quantitative estimate of drug-likeness (QED) is 0.318. The Hall–Kier alpha value is -2.23. The van der Waals surface area contributed by atoms with Crippen molar-refractivity contribution in [3.63, 3.8) is 0 Å². The maximum Gasteiger partial charge on any atom is 0.305 e. The van der Waals surface area contributed by atoms with Gasteiger partial charge in [0, 0.05) is 25.2 Å². The summed E-state index contributed by atoms with van der Waals surface area (Å²) >= 11 is 5.81. The van der Waals surface area contributed by atoms with Crippen LogP contribution in [0.15, 0.2) is 33.9 Å². The van der Waals surface area contributed by atoms with Crippen molar-refractivity contribution in [1.29, 1.82) is 0 Å². The number of anilines is 1. The van der Waals surface area contributed by atoms with Gasteiger partial charge in [0.1, 0.15) is 5.02 Å². The van der Waals surface area contributed by atoms with Crippen LogP contribution in [0.5, 0.6) is 0 Å². The van der Waals surface area contributed by atoms with Crippen LogP contribution in [0, 0.1) is 0 Å². The summed E-state index contributed by atoms with van der Waals surface area (Å²) < 4.78 is 35.8. The van der Waals surface area contributed by atoms with Crippen molar-refractivity contribution in [2.75, 3.05) is 30.3 Å². The van der Waals surface area contributed by atoms with E-state index in [1.165, 1.54) is 0 Å². The average molecular weight is 444 g/mol. The summed E-state index contributed by atoms with van der Waals surface area (Å²) in [5.41, 5.74) is 0.123. The van der Waals surface area contributed by atoms with E-state index in [0.29, 0.717) is 31.7 Å². The molecule has 2 rings (SSSR count). The number of halogens is 1. The zero-order chi connectivity index (χ0) is 21.6. The highest BCUT2D eigenvalue weighted by Gasteiger charge is 2.20. The molecule has 0 radical (unpaired) electrons. The Morgan fingerprint density at radius 3 is 2.28 bits per heavy atom. The summed E-state index contributed by atoms with van der Waals surface area (Å²) in [4.78, 5) is 36.3. The van der Waals surface area contributed by atoms with E-state index in [4.69, 9.17) is 20.9 Å². The molecule has 0 aliphatic carbocycles. The van der Waals surface area contributed by atoms with Crippen molar-refractivity contribution in [3.8, 4) is 11.1 Å². The number of benzene rings is 1. The van der Waals surface area contributed by atoms with E-state index in [1.54, 1.807) is 31.2 Å². The minimum atomic E-state index is -4.07. The van der Waals surface area contributed by atoms with Crippen LogP contribution in [0.25, 0.3) is 11.1 Å². The molecule has 0 aromatic heterocycles. The lowest BCUT2D eigenvalue weighted by molar-refractivity contribution is -0.143. The molecule has 0 unspecified atom stereocenters. The highest BCUT2D eigenvalue weighted by molar-refractivity contribution is 7.85. The number of hydrogen-bond donors (Lipinski definition) is 1. The first-order valence-corrected chi connectivity index (χ1v) is 11.1. The van der Waals surface area contributed by atoms with Gasteiger partial charge in [-0.15, -0.1) is 0 Å². The first kappa shape index (κ1) is 23.1. The van der Waals surface area contributed by atoms with Crippen LogP contribution in [0.1, 0.15) is 26.2 Å². The van der Waals surface area contributed by atoms with Gasteiger partial charge in [-0.2, -0.15) is 8.42 Å². The molecule has 2 aromatic carbocycles. The molecule has 0 amide bonds. The van der Waals surface area contributed by atoms with E-state index in [-0.39, 0.29) is 35.1 Å². The van der Waals surface area contributed by atoms with Gasteiger partial charge in [0.05, 0.1) is 17.9 Å². The fourth-order valence-corrected chi connectivity index (χ4v) is 3.69. The molecule has 2 aromatic rings. The Bertz CT molecular complexity index is 1020. The molecule has 0 saturated carbocycles. The molecule has 0 aliphatic rings. The number of nitrogens with zero attached hydrogens (tertiary/aromatic N) is 1. The minimum Gasteiger partial charge on any atom is -0.466 e. The molecule has 0 fully saturated rings. The van der Waals surface area contributed by atoms with E-state index in [0.717, 1.165) is 5.69 Å². The second kappa shape index (κ2) is 10.00. The molecule has 0 spiro atoms. The van der Waals surface area contributed by atoms with Gasteiger partial charge >= 0.3 is 5.97 Å². The summed E-state index contributed by atoms with van der Waals surface area (Å²) in [5, 5.41) is -0.0813. The highest BCUT2D eigenvalue weighted by atomic mass is 35.5. The second-order valence-corrected chi connectivity index (χ2v) is 8.38. The summed E-state index contributed by atoms with van der Waals surface area (Å²) in [7, 11) is -4.07. The molecule has 0 bridgehead atoms. The summed E-state index contributed by atoms with van der Waals surface area (Å²) in [6.45, 7) is 2.83. The average Bonchev–Trinajstić information content (AvgIpc) is 2.66. The van der Waals surface area contributed by atoms with E-state index < -0.39 is 21.0 Å². The molecular weight excluding hydrogens is 422 g/mol. The Morgan fingerprint density at radius 2 is 1.72 bits per heavy atom. The molecule has 0 aliphatic heterocycles. The maximum absolute atomic E-state index is 11.7. The molecule has 0 heterocycles. The third kappa shape index (κ3) is 6.38. The van der Waals surface area contributed by atoms with Gasteiger partial charge in [0.25, 0.3) is 10.1 Å². The lowest BCUT2D eigenvalue weighted by atomic mass is 10.0. The van der Waals surface area contributed by atoms with E-state index in [2.05, 4.69) is 0 Å². The SMILES string of the molecule is CCOC(=O)CCCN(CCCS(=O)(=O)O)c1ccc(-c2c(Cl)c(=O)c2=O)cc1. The van der Waals surface area contributed by atoms with Crippen LogP contribution in [0.2, 0.25) is 5.02 Å². The van der Waals surface area contributed by atoms with Gasteiger partial charge in [-0.05, 0) is 37.5 Å². The predicted octanol–water partition coefficient (Wildman–Crippen LogP) is 2.03. The fourth-order valence-electron chi connectivity index (χ4n) is 2.92. The van der Waals surface area contributed by atoms with Crippen LogP contribution >= 0.6 is 11.6 Å². The van der Waals surface area contributed by atoms with Crippen molar-refractivity contribution in [2.45, 2.75) is 26.2 Å². The zero-order valence-corrected chi connectivity index (χ0v) is 17.5. The number of esters is 1. The molecule has 1 N–H and O–H groups in total. The van der Waals surface area contributed by atoms with Gasteiger partial charge < -0.3 is 9.64 Å². The monoisotopic (exact) mass is 443 g/mol. The summed E-state index contributed by atoms with van der Waals surface area (Å²) in [6, 6.07) is 6.75. The molecule has 0 atom stereocenters. The van der Waals surface area contributed by atoms with Gasteiger partial charge in [0.2, 0.25) is 10.9 Å². The van der Waals surface area contributed by atoms with Gasteiger partial charge in [-0.1, -0.05) is 23.7 Å². The standard InChI is InChI=1S/C19H22ClNO7S/c1-2-28-15(22)5-3-10-21(11-4-12-29(25,26)27)14-8-6-13(7-9-14)16-17(20)19(24)18(16)23/h6-9H,2-5,10-12H2,1H3,(H,25,26,27). The van der Waals surface area contributed by atoms with E-state index in [9.17, 15) is 22.8 Å². The molecule has 158 valence electrons. The first-order chi connectivity index (χ1) is 13.6. The Balaban J connectivity index is 2.10. The topological polar surface area (TPSA) is 118 Å². The highest BCUT2D eigenvalue weighted by Crippen LogP contribution is 2.26. The van der Waals surface area contributed by atoms with Crippen molar-refractivity contribution in [2.24, 2.45) is 0 Å². The van der Waals surface area contributed by atoms with Crippen LogP contribution < -0.4 is 15.8 Å². The van der Waals surface area contributed by atoms with Crippen molar-refractivity contribution in [1.82, 2.24) is 0 Å². The van der Waals surface area contributed by atoms with E-state index in [1.807, 2.05) is 4.90 Å². The summed E-state index contributed by atoms with van der Waals surface area (Å²) in [5.74, 6) is -0.686. The van der Waals surface area contributed by atoms with Crippen molar-refractivity contribution < 1.29 is 22.5 Å². The minimum absolute atomic E-state index is 0.0813. The van der Waals surface area contributed by atoms with E-state index >= 15 is 0 Å². The fraction of sp³-hybridized carbons (Fsp3) is 0.421. The number of carbonyl (C=O) groups excluding carboxylic acids is 1. The normalized spacial score (nSPS) is 11.6. The molecule has 0 saturated heterocycles. The largest absolute Gasteiger partial charge is 0.466 e. The molecular formula is C19H22ClNO7S. The smallest absolute Gasteiger partial charge is 0.305 e. The second-order valence-electron chi connectivity index (χ2n) is 6.43. The van der Waals surface area contributed by atoms with Gasteiger partial charge in [-0.25, -0.2) is 0 Å². The lowest BCUT2D eigenvalue weighted by Crippen LogP contribution is -2.33. The molecule has 10 heteroatoms. The van der Waals surface area contributed by atoms with Crippen LogP contribution in [0.4, 0.5) is 5.69 Å². The molecule has 29 heavy (non-hydrogen) atoms.